The minimum Gasteiger partial charge on any atom is -0.385 e. The number of aliphatic hydroxyl groups excluding tert-OH is 1. The van der Waals surface area contributed by atoms with Crippen molar-refractivity contribution in [1.29, 1.82) is 0 Å². The van der Waals surface area contributed by atoms with Crippen molar-refractivity contribution in [2.24, 2.45) is 0 Å². The third-order valence-electron chi connectivity index (χ3n) is 0.413. The second kappa shape index (κ2) is 3.40. The van der Waals surface area contributed by atoms with Crippen LogP contribution in [0.5, 0.6) is 0 Å². The minimum atomic E-state index is -0.644. The number of hydrogen-bond donors (Lipinski definition) is 1. The Morgan fingerprint density at radius 1 is 1.75 bits per heavy atom. The van der Waals surface area contributed by atoms with Gasteiger partial charge in [0.25, 0.3) is 0 Å². The van der Waals surface area contributed by atoms with Gasteiger partial charge in [-0.05, 0) is 0 Å². The normalized spacial score (nSPS) is 9.50. The van der Waals surface area contributed by atoms with E-state index in [0.29, 0.717) is 0 Å². The van der Waals surface area contributed by atoms with E-state index in [0.717, 1.165) is 0 Å². The third kappa shape index (κ3) is 3.58. The standard InChI is InChI=1S/C4H9NO3/c1-5(2)8-4(7)3-6/h6H,3H2,1-2H3. The van der Waals surface area contributed by atoms with Gasteiger partial charge in [0.05, 0.1) is 0 Å². The number of aliphatic hydroxyl groups is 1. The zero-order valence-corrected chi connectivity index (χ0v) is 4.92. The van der Waals surface area contributed by atoms with E-state index >= 15 is 0 Å². The molecule has 0 heterocycles. The molecule has 0 saturated carbocycles. The number of rotatable bonds is 2. The molecule has 0 aromatic heterocycles. The van der Waals surface area contributed by atoms with E-state index in [4.69, 9.17) is 5.11 Å². The Morgan fingerprint density at radius 3 is 2.38 bits per heavy atom. The number of nitrogens with zero attached hydrogens (tertiary/aromatic N) is 1. The van der Waals surface area contributed by atoms with E-state index in [2.05, 4.69) is 4.84 Å². The maximum absolute atomic E-state index is 10.1. The van der Waals surface area contributed by atoms with Gasteiger partial charge in [0.2, 0.25) is 0 Å². The summed E-state index contributed by atoms with van der Waals surface area (Å²) < 4.78 is 0. The molecule has 8 heavy (non-hydrogen) atoms. The second-order valence-electron chi connectivity index (χ2n) is 1.43. The fraction of sp³-hybridized carbons (Fsp3) is 0.750. The Morgan fingerprint density at radius 2 is 2.25 bits per heavy atom. The first kappa shape index (κ1) is 7.39. The van der Waals surface area contributed by atoms with Crippen LogP contribution in [0.3, 0.4) is 0 Å². The molecule has 0 radical (unpaired) electrons. The van der Waals surface area contributed by atoms with Crippen LogP contribution >= 0.6 is 0 Å². The van der Waals surface area contributed by atoms with Gasteiger partial charge in [0.15, 0.2) is 0 Å². The third-order valence-corrected chi connectivity index (χ3v) is 0.413. The molecule has 0 bridgehead atoms. The van der Waals surface area contributed by atoms with Gasteiger partial charge in [-0.2, -0.15) is 0 Å². The number of hydroxylamine groups is 2. The van der Waals surface area contributed by atoms with Gasteiger partial charge in [-0.3, -0.25) is 0 Å². The molecule has 0 aliphatic carbocycles. The Balaban J connectivity index is 3.25. The van der Waals surface area contributed by atoms with Crippen LogP contribution in [0.15, 0.2) is 0 Å². The van der Waals surface area contributed by atoms with Crippen molar-refractivity contribution in [3.05, 3.63) is 0 Å². The van der Waals surface area contributed by atoms with E-state index in [9.17, 15) is 4.79 Å². The molecule has 0 aromatic carbocycles. The Labute approximate surface area is 47.6 Å². The predicted molar refractivity (Wildman–Crippen MR) is 26.9 cm³/mol. The van der Waals surface area contributed by atoms with Gasteiger partial charge in [0, 0.05) is 14.1 Å². The average Bonchev–Trinajstić information content (AvgIpc) is 1.65. The van der Waals surface area contributed by atoms with E-state index in [1.165, 1.54) is 5.06 Å². The van der Waals surface area contributed by atoms with E-state index in [-0.39, 0.29) is 0 Å². The van der Waals surface area contributed by atoms with Crippen molar-refractivity contribution in [1.82, 2.24) is 5.06 Å². The van der Waals surface area contributed by atoms with Crippen LogP contribution in [-0.2, 0) is 9.63 Å². The lowest BCUT2D eigenvalue weighted by molar-refractivity contribution is -0.181. The van der Waals surface area contributed by atoms with Crippen LogP contribution in [-0.4, -0.2) is 36.8 Å². The van der Waals surface area contributed by atoms with Gasteiger partial charge in [-0.15, -0.1) is 5.06 Å². The van der Waals surface area contributed by atoms with E-state index in [1.807, 2.05) is 0 Å². The zero-order valence-electron chi connectivity index (χ0n) is 4.92. The van der Waals surface area contributed by atoms with Crippen molar-refractivity contribution in [3.63, 3.8) is 0 Å². The number of carbonyl (C=O) groups excluding carboxylic acids is 1. The molecule has 0 aliphatic rings. The van der Waals surface area contributed by atoms with Crippen molar-refractivity contribution >= 4 is 5.97 Å². The van der Waals surface area contributed by atoms with Gasteiger partial charge in [-0.1, -0.05) is 0 Å². The summed E-state index contributed by atoms with van der Waals surface area (Å²) in [7, 11) is 3.13. The van der Waals surface area contributed by atoms with Crippen molar-refractivity contribution in [2.45, 2.75) is 0 Å². The Bertz CT molecular complexity index is 81.4. The maximum Gasteiger partial charge on any atom is 0.350 e. The summed E-state index contributed by atoms with van der Waals surface area (Å²) in [6.45, 7) is -0.571. The molecule has 0 aliphatic heterocycles. The first-order valence-electron chi connectivity index (χ1n) is 2.16. The zero-order chi connectivity index (χ0) is 6.57. The Kier molecular flexibility index (Phi) is 3.14. The fourth-order valence-corrected chi connectivity index (χ4v) is 0.233. The molecule has 0 spiro atoms. The summed E-state index contributed by atoms with van der Waals surface area (Å²) in [5.74, 6) is -0.644. The molecule has 0 fully saturated rings. The minimum absolute atomic E-state index is 0.571. The molecule has 0 atom stereocenters. The summed E-state index contributed by atoms with van der Waals surface area (Å²) >= 11 is 0. The van der Waals surface area contributed by atoms with Crippen LogP contribution in [0.4, 0.5) is 0 Å². The van der Waals surface area contributed by atoms with Gasteiger partial charge in [-0.25, -0.2) is 4.79 Å². The largest absolute Gasteiger partial charge is 0.385 e. The van der Waals surface area contributed by atoms with Crippen molar-refractivity contribution in [3.8, 4) is 0 Å². The average molecular weight is 119 g/mol. The lowest BCUT2D eigenvalue weighted by Gasteiger charge is -2.06. The molecular formula is C4H9NO3. The monoisotopic (exact) mass is 119 g/mol. The predicted octanol–water partition coefficient (Wildman–Crippen LogP) is -1.00. The molecule has 0 unspecified atom stereocenters. The molecule has 4 nitrogen and oxygen atoms in total. The summed E-state index contributed by atoms with van der Waals surface area (Å²) in [5.41, 5.74) is 0. The highest BCUT2D eigenvalue weighted by atomic mass is 16.7. The van der Waals surface area contributed by atoms with E-state index < -0.39 is 12.6 Å². The topological polar surface area (TPSA) is 49.8 Å². The summed E-state index contributed by atoms with van der Waals surface area (Å²) in [6.07, 6.45) is 0. The fourth-order valence-electron chi connectivity index (χ4n) is 0.233. The highest BCUT2D eigenvalue weighted by Crippen LogP contribution is 1.77. The summed E-state index contributed by atoms with van der Waals surface area (Å²) in [4.78, 5) is 14.5. The van der Waals surface area contributed by atoms with Crippen molar-refractivity contribution in [2.75, 3.05) is 20.7 Å². The van der Waals surface area contributed by atoms with Crippen LogP contribution in [0, 0.1) is 0 Å². The molecule has 0 rings (SSSR count). The van der Waals surface area contributed by atoms with Gasteiger partial charge >= 0.3 is 5.97 Å². The quantitative estimate of drug-likeness (QED) is 0.473. The van der Waals surface area contributed by atoms with Crippen molar-refractivity contribution < 1.29 is 14.7 Å². The summed E-state index contributed by atoms with van der Waals surface area (Å²) in [6, 6.07) is 0. The maximum atomic E-state index is 10.1. The highest BCUT2D eigenvalue weighted by molar-refractivity contribution is 5.69. The number of carbonyl (C=O) groups is 1. The number of hydrogen-bond acceptors (Lipinski definition) is 4. The Hall–Kier alpha value is -0.610. The van der Waals surface area contributed by atoms with Crippen LogP contribution < -0.4 is 0 Å². The molecular weight excluding hydrogens is 110 g/mol. The summed E-state index contributed by atoms with van der Waals surface area (Å²) in [5, 5.41) is 9.30. The SMILES string of the molecule is CN(C)OC(=O)CO. The molecule has 48 valence electrons. The van der Waals surface area contributed by atoms with Crippen LogP contribution in [0.25, 0.3) is 0 Å². The van der Waals surface area contributed by atoms with Crippen LogP contribution in [0.1, 0.15) is 0 Å². The lowest BCUT2D eigenvalue weighted by Crippen LogP contribution is -2.20. The van der Waals surface area contributed by atoms with Crippen LogP contribution in [0.2, 0.25) is 0 Å². The molecule has 0 amide bonds. The second-order valence-corrected chi connectivity index (χ2v) is 1.43. The molecule has 0 aromatic rings. The lowest BCUT2D eigenvalue weighted by atomic mass is 10.8. The smallest absolute Gasteiger partial charge is 0.350 e. The molecule has 4 heteroatoms. The van der Waals surface area contributed by atoms with Gasteiger partial charge < -0.3 is 9.94 Å². The first-order valence-corrected chi connectivity index (χ1v) is 2.16. The molecule has 0 saturated heterocycles. The van der Waals surface area contributed by atoms with E-state index in [1.54, 1.807) is 14.1 Å². The van der Waals surface area contributed by atoms with Gasteiger partial charge in [0.1, 0.15) is 6.61 Å². The molecule has 1 N–H and O–H groups in total. The highest BCUT2D eigenvalue weighted by Gasteiger charge is 1.98. The first-order chi connectivity index (χ1) is 3.66.